The van der Waals surface area contributed by atoms with Crippen molar-refractivity contribution < 1.29 is 19.1 Å². The van der Waals surface area contributed by atoms with E-state index >= 15 is 0 Å². The largest absolute Gasteiger partial charge is 0.465 e. The Hall–Kier alpha value is -0.900. The Balaban J connectivity index is 2.13. The van der Waals surface area contributed by atoms with Crippen molar-refractivity contribution in [1.29, 1.82) is 0 Å². The molecule has 0 radical (unpaired) electrons. The van der Waals surface area contributed by atoms with Gasteiger partial charge in [-0.05, 0) is 44.4 Å². The third-order valence-electron chi connectivity index (χ3n) is 3.24. The van der Waals surface area contributed by atoms with Crippen LogP contribution in [0.15, 0.2) is 0 Å². The van der Waals surface area contributed by atoms with Crippen LogP contribution in [0.25, 0.3) is 0 Å². The van der Waals surface area contributed by atoms with E-state index in [4.69, 9.17) is 9.47 Å². The summed E-state index contributed by atoms with van der Waals surface area (Å²) in [4.78, 5) is 21.9. The van der Waals surface area contributed by atoms with E-state index in [-0.39, 0.29) is 12.2 Å². The molecule has 0 aliphatic heterocycles. The fourth-order valence-corrected chi connectivity index (χ4v) is 2.27. The molecule has 0 aromatic rings. The van der Waals surface area contributed by atoms with Crippen LogP contribution in [0.2, 0.25) is 0 Å². The Kier molecular flexibility index (Phi) is 6.19. The van der Waals surface area contributed by atoms with E-state index < -0.39 is 5.97 Å². The molecule has 0 amide bonds. The van der Waals surface area contributed by atoms with Crippen molar-refractivity contribution in [1.82, 2.24) is 0 Å². The second kappa shape index (κ2) is 7.43. The summed E-state index contributed by atoms with van der Waals surface area (Å²) < 4.78 is 10.2. The van der Waals surface area contributed by atoms with Crippen LogP contribution < -0.4 is 0 Å². The van der Waals surface area contributed by atoms with Crippen LogP contribution in [0.5, 0.6) is 0 Å². The molecule has 1 aliphatic carbocycles. The molecule has 0 atom stereocenters. The first kappa shape index (κ1) is 14.2. The number of Topliss-reactive ketones (excluding diaryl/α,β-unsaturated/α-hetero) is 1. The van der Waals surface area contributed by atoms with Crippen LogP contribution in [0.3, 0.4) is 0 Å². The lowest BCUT2D eigenvalue weighted by molar-refractivity contribution is -0.147. The quantitative estimate of drug-likeness (QED) is 0.528. The molecule has 1 fully saturated rings. The maximum Gasteiger partial charge on any atom is 0.313 e. The highest BCUT2D eigenvalue weighted by atomic mass is 16.5. The number of hydrogen-bond acceptors (Lipinski definition) is 4. The minimum atomic E-state index is -0.392. The zero-order valence-electron chi connectivity index (χ0n) is 10.7. The Bertz CT molecular complexity index is 254. The van der Waals surface area contributed by atoms with Crippen molar-refractivity contribution in [3.8, 4) is 0 Å². The van der Waals surface area contributed by atoms with Crippen LogP contribution in [0.4, 0.5) is 0 Å². The third kappa shape index (κ3) is 5.82. The SMILES string of the molecule is COCC1CCC(COC(=O)CC(C)=O)CC1. The fourth-order valence-electron chi connectivity index (χ4n) is 2.27. The van der Waals surface area contributed by atoms with Gasteiger partial charge < -0.3 is 9.47 Å². The van der Waals surface area contributed by atoms with E-state index in [0.717, 1.165) is 32.3 Å². The molecule has 1 rings (SSSR count). The van der Waals surface area contributed by atoms with E-state index in [1.54, 1.807) is 7.11 Å². The van der Waals surface area contributed by atoms with Crippen molar-refractivity contribution in [2.75, 3.05) is 20.3 Å². The highest BCUT2D eigenvalue weighted by Gasteiger charge is 2.22. The normalized spacial score (nSPS) is 24.4. The summed E-state index contributed by atoms with van der Waals surface area (Å²) >= 11 is 0. The second-order valence-corrected chi connectivity index (χ2v) is 4.90. The van der Waals surface area contributed by atoms with Gasteiger partial charge in [-0.15, -0.1) is 0 Å². The number of ketones is 1. The average Bonchev–Trinajstić information content (AvgIpc) is 2.28. The van der Waals surface area contributed by atoms with Crippen molar-refractivity contribution in [2.45, 2.75) is 39.0 Å². The Morgan fingerprint density at radius 3 is 2.06 bits per heavy atom. The van der Waals surface area contributed by atoms with Gasteiger partial charge in [0.2, 0.25) is 0 Å². The molecule has 0 bridgehead atoms. The first-order valence-electron chi connectivity index (χ1n) is 6.25. The first-order chi connectivity index (χ1) is 8.11. The highest BCUT2D eigenvalue weighted by Crippen LogP contribution is 2.29. The van der Waals surface area contributed by atoms with Crippen molar-refractivity contribution in [3.05, 3.63) is 0 Å². The predicted molar refractivity (Wildman–Crippen MR) is 63.6 cm³/mol. The van der Waals surface area contributed by atoms with Gasteiger partial charge in [0, 0.05) is 13.7 Å². The lowest BCUT2D eigenvalue weighted by atomic mass is 9.83. The summed E-state index contributed by atoms with van der Waals surface area (Å²) in [6, 6.07) is 0. The molecule has 0 saturated heterocycles. The van der Waals surface area contributed by atoms with Crippen LogP contribution in [-0.4, -0.2) is 32.1 Å². The fraction of sp³-hybridized carbons (Fsp3) is 0.846. The zero-order chi connectivity index (χ0) is 12.7. The van der Waals surface area contributed by atoms with Gasteiger partial charge in [0.25, 0.3) is 0 Å². The lowest BCUT2D eigenvalue weighted by Crippen LogP contribution is -2.23. The molecule has 1 saturated carbocycles. The van der Waals surface area contributed by atoms with Crippen molar-refractivity contribution in [3.63, 3.8) is 0 Å². The van der Waals surface area contributed by atoms with E-state index in [0.29, 0.717) is 18.4 Å². The molecule has 4 nitrogen and oxygen atoms in total. The Morgan fingerprint density at radius 1 is 1.06 bits per heavy atom. The molecule has 0 spiro atoms. The van der Waals surface area contributed by atoms with E-state index in [1.807, 2.05) is 0 Å². The second-order valence-electron chi connectivity index (χ2n) is 4.90. The molecule has 17 heavy (non-hydrogen) atoms. The standard InChI is InChI=1S/C13H22O4/c1-10(14)7-13(15)17-9-12-5-3-11(4-6-12)8-16-2/h11-12H,3-9H2,1-2H3. The molecule has 1 aliphatic rings. The summed E-state index contributed by atoms with van der Waals surface area (Å²) in [6.07, 6.45) is 4.35. The van der Waals surface area contributed by atoms with Gasteiger partial charge in [0.15, 0.2) is 0 Å². The topological polar surface area (TPSA) is 52.6 Å². The van der Waals surface area contributed by atoms with Crippen LogP contribution in [0.1, 0.15) is 39.0 Å². The van der Waals surface area contributed by atoms with Gasteiger partial charge in [-0.2, -0.15) is 0 Å². The average molecular weight is 242 g/mol. The molecular weight excluding hydrogens is 220 g/mol. The number of hydrogen-bond donors (Lipinski definition) is 0. The van der Waals surface area contributed by atoms with Gasteiger partial charge in [-0.1, -0.05) is 0 Å². The number of ether oxygens (including phenoxy) is 2. The monoisotopic (exact) mass is 242 g/mol. The molecule has 0 aromatic carbocycles. The molecule has 0 unspecified atom stereocenters. The number of esters is 1. The van der Waals surface area contributed by atoms with Gasteiger partial charge in [0.05, 0.1) is 6.61 Å². The van der Waals surface area contributed by atoms with E-state index in [2.05, 4.69) is 0 Å². The zero-order valence-corrected chi connectivity index (χ0v) is 10.7. The third-order valence-corrected chi connectivity index (χ3v) is 3.24. The van der Waals surface area contributed by atoms with Gasteiger partial charge >= 0.3 is 5.97 Å². The predicted octanol–water partition coefficient (Wildman–Crippen LogP) is 1.96. The highest BCUT2D eigenvalue weighted by molar-refractivity contribution is 5.94. The summed E-state index contributed by atoms with van der Waals surface area (Å²) in [5.41, 5.74) is 0. The summed E-state index contributed by atoms with van der Waals surface area (Å²) in [7, 11) is 1.73. The first-order valence-corrected chi connectivity index (χ1v) is 6.25. The van der Waals surface area contributed by atoms with Crippen LogP contribution in [0, 0.1) is 11.8 Å². The maximum atomic E-state index is 11.2. The number of carbonyl (C=O) groups excluding carboxylic acids is 2. The summed E-state index contributed by atoms with van der Waals surface area (Å²) in [5.74, 6) is 0.582. The molecule has 0 aromatic heterocycles. The van der Waals surface area contributed by atoms with Crippen LogP contribution in [-0.2, 0) is 19.1 Å². The smallest absolute Gasteiger partial charge is 0.313 e. The summed E-state index contributed by atoms with van der Waals surface area (Å²) in [6.45, 7) is 2.69. The minimum Gasteiger partial charge on any atom is -0.465 e. The van der Waals surface area contributed by atoms with Crippen molar-refractivity contribution in [2.24, 2.45) is 11.8 Å². The Morgan fingerprint density at radius 2 is 1.59 bits per heavy atom. The summed E-state index contributed by atoms with van der Waals surface area (Å²) in [5, 5.41) is 0. The van der Waals surface area contributed by atoms with E-state index in [9.17, 15) is 9.59 Å². The lowest BCUT2D eigenvalue weighted by Gasteiger charge is -2.27. The maximum absolute atomic E-state index is 11.2. The number of carbonyl (C=O) groups is 2. The molecule has 98 valence electrons. The van der Waals surface area contributed by atoms with Crippen LogP contribution >= 0.6 is 0 Å². The van der Waals surface area contributed by atoms with Gasteiger partial charge in [-0.25, -0.2) is 0 Å². The molecular formula is C13H22O4. The van der Waals surface area contributed by atoms with E-state index in [1.165, 1.54) is 6.92 Å². The minimum absolute atomic E-state index is 0.0982. The Labute approximate surface area is 103 Å². The molecule has 4 heteroatoms. The van der Waals surface area contributed by atoms with Gasteiger partial charge in [-0.3, -0.25) is 9.59 Å². The van der Waals surface area contributed by atoms with Crippen molar-refractivity contribution >= 4 is 11.8 Å². The number of rotatable bonds is 6. The number of methoxy groups -OCH3 is 1. The van der Waals surface area contributed by atoms with Gasteiger partial charge in [0.1, 0.15) is 12.2 Å². The molecule has 0 N–H and O–H groups in total. The molecule has 0 heterocycles.